The molecule has 2 amide bonds. The Bertz CT molecular complexity index is 1280. The molecule has 1 aliphatic heterocycles. The van der Waals surface area contributed by atoms with Crippen molar-refractivity contribution in [2.24, 2.45) is 0 Å². The van der Waals surface area contributed by atoms with Crippen LogP contribution in [-0.4, -0.2) is 63.6 Å². The summed E-state index contributed by atoms with van der Waals surface area (Å²) in [6.45, 7) is 8.87. The van der Waals surface area contributed by atoms with Crippen molar-refractivity contribution in [3.05, 3.63) is 65.2 Å². The zero-order valence-electron chi connectivity index (χ0n) is 24.8. The van der Waals surface area contributed by atoms with Gasteiger partial charge in [0.2, 0.25) is 11.8 Å². The fraction of sp³-hybridized carbons (Fsp3) is 0.484. The third kappa shape index (κ3) is 11.3. The number of carbonyl (C=O) groups excluding carboxylic acids is 2. The minimum atomic E-state index is -3.64. The Labute approximate surface area is 250 Å². The Morgan fingerprint density at radius 3 is 2.17 bits per heavy atom. The number of nitrogens with zero attached hydrogens (tertiary/aromatic N) is 1. The van der Waals surface area contributed by atoms with Gasteiger partial charge in [-0.1, -0.05) is 42.2 Å². The standard InChI is InChI=1S/C31H41N2O8P.H2/c1-24(2)40-42(36,41-25(3)4)39-22-21-38-20-19-37-18-17-32-30(34)15-16-31(35)33-23-28-11-6-5-9-26(28)13-14-27-10-7-8-12-29(27)33;/h5-12,24-25H,15-23H2,1-4H3,(H,32,34);1H. The number of carbonyl (C=O) groups is 2. The largest absolute Gasteiger partial charge is 0.475 e. The monoisotopic (exact) mass is 602 g/mol. The van der Waals surface area contributed by atoms with Crippen LogP contribution in [0.1, 0.15) is 58.7 Å². The lowest BCUT2D eigenvalue weighted by Gasteiger charge is -2.26. The van der Waals surface area contributed by atoms with Crippen LogP contribution >= 0.6 is 7.82 Å². The summed E-state index contributed by atoms with van der Waals surface area (Å²) >= 11 is 0. The van der Waals surface area contributed by atoms with Crippen molar-refractivity contribution in [2.45, 2.75) is 59.3 Å². The number of phosphoric acid groups is 1. The molecule has 0 aliphatic carbocycles. The van der Waals surface area contributed by atoms with Gasteiger partial charge < -0.3 is 19.7 Å². The second kappa shape index (κ2) is 17.2. The molecule has 10 nitrogen and oxygen atoms in total. The van der Waals surface area contributed by atoms with Crippen LogP contribution in [0.25, 0.3) is 0 Å². The maximum Gasteiger partial charge on any atom is 0.475 e. The van der Waals surface area contributed by atoms with E-state index >= 15 is 0 Å². The lowest BCUT2D eigenvalue weighted by molar-refractivity contribution is -0.125. The molecule has 0 bridgehead atoms. The second-order valence-corrected chi connectivity index (χ2v) is 11.6. The SMILES string of the molecule is CC(C)OP(=O)(OCCOCCOCCNC(=O)CCC(=O)N1Cc2ccccc2C#Cc2ccccc21)OC(C)C.[HH]. The summed E-state index contributed by atoms with van der Waals surface area (Å²) in [7, 11) is -3.64. The number of hydrogen-bond donors (Lipinski definition) is 1. The molecule has 0 spiro atoms. The molecule has 3 rings (SSSR count). The normalized spacial score (nSPS) is 12.7. The molecule has 11 heteroatoms. The fourth-order valence-corrected chi connectivity index (χ4v) is 5.55. The van der Waals surface area contributed by atoms with E-state index in [2.05, 4.69) is 17.2 Å². The van der Waals surface area contributed by atoms with Crippen LogP contribution in [0.3, 0.4) is 0 Å². The van der Waals surface area contributed by atoms with Crippen molar-refractivity contribution in [1.82, 2.24) is 5.32 Å². The smallest absolute Gasteiger partial charge is 0.377 e. The zero-order valence-corrected chi connectivity index (χ0v) is 25.7. The molecule has 2 aromatic carbocycles. The molecular formula is C31H43N2O8P. The highest BCUT2D eigenvalue weighted by atomic mass is 31.2. The van der Waals surface area contributed by atoms with E-state index in [9.17, 15) is 14.2 Å². The third-order valence-electron chi connectivity index (χ3n) is 5.84. The van der Waals surface area contributed by atoms with Crippen LogP contribution in [-0.2, 0) is 43.7 Å². The zero-order chi connectivity index (χ0) is 30.4. The van der Waals surface area contributed by atoms with Crippen molar-refractivity contribution < 1.29 is 38.6 Å². The Morgan fingerprint density at radius 1 is 0.857 bits per heavy atom. The molecule has 1 aliphatic rings. The van der Waals surface area contributed by atoms with E-state index < -0.39 is 7.82 Å². The lowest BCUT2D eigenvalue weighted by Crippen LogP contribution is -2.34. The summed E-state index contributed by atoms with van der Waals surface area (Å²) < 4.78 is 39.4. The first kappa shape index (κ1) is 33.5. The van der Waals surface area contributed by atoms with Gasteiger partial charge in [0.05, 0.1) is 57.5 Å². The Morgan fingerprint density at radius 2 is 1.45 bits per heavy atom. The fourth-order valence-electron chi connectivity index (χ4n) is 4.05. The molecule has 230 valence electrons. The van der Waals surface area contributed by atoms with Gasteiger partial charge in [-0.3, -0.25) is 23.2 Å². The molecular weight excluding hydrogens is 559 g/mol. The Kier molecular flexibility index (Phi) is 13.7. The van der Waals surface area contributed by atoms with Crippen molar-refractivity contribution in [3.63, 3.8) is 0 Å². The van der Waals surface area contributed by atoms with Gasteiger partial charge in [-0.2, -0.15) is 0 Å². The number of ether oxygens (including phenoxy) is 2. The number of phosphoric ester groups is 1. The number of nitrogens with one attached hydrogen (secondary N) is 1. The predicted octanol–water partition coefficient (Wildman–Crippen LogP) is 5.08. The quantitative estimate of drug-likeness (QED) is 0.152. The van der Waals surface area contributed by atoms with Crippen LogP contribution in [0.2, 0.25) is 0 Å². The molecule has 0 saturated heterocycles. The first-order valence-corrected chi connectivity index (χ1v) is 15.7. The van der Waals surface area contributed by atoms with Crippen LogP contribution in [0.5, 0.6) is 0 Å². The molecule has 0 aromatic heterocycles. The number of amides is 2. The van der Waals surface area contributed by atoms with Crippen LogP contribution in [0.15, 0.2) is 48.5 Å². The molecule has 0 saturated carbocycles. The maximum atomic E-state index is 13.2. The van der Waals surface area contributed by atoms with Crippen molar-refractivity contribution in [3.8, 4) is 11.8 Å². The first-order valence-electron chi connectivity index (χ1n) is 14.2. The van der Waals surface area contributed by atoms with Crippen LogP contribution < -0.4 is 10.2 Å². The van der Waals surface area contributed by atoms with E-state index in [-0.39, 0.29) is 51.5 Å². The average molecular weight is 603 g/mol. The van der Waals surface area contributed by atoms with Gasteiger partial charge in [-0.25, -0.2) is 4.57 Å². The van der Waals surface area contributed by atoms with Crippen LogP contribution in [0.4, 0.5) is 5.69 Å². The molecule has 2 aromatic rings. The maximum absolute atomic E-state index is 13.2. The minimum Gasteiger partial charge on any atom is -0.377 e. The van der Waals surface area contributed by atoms with Gasteiger partial charge in [0.1, 0.15) is 0 Å². The van der Waals surface area contributed by atoms with Gasteiger partial charge in [0.15, 0.2) is 0 Å². The topological polar surface area (TPSA) is 113 Å². The van der Waals surface area contributed by atoms with Gasteiger partial charge >= 0.3 is 7.82 Å². The van der Waals surface area contributed by atoms with E-state index in [4.69, 9.17) is 23.0 Å². The minimum absolute atomic E-state index is 0. The number of hydrogen-bond acceptors (Lipinski definition) is 8. The average Bonchev–Trinajstić information content (AvgIpc) is 2.93. The molecule has 1 heterocycles. The number of anilines is 1. The van der Waals surface area contributed by atoms with Crippen molar-refractivity contribution in [2.75, 3.05) is 44.5 Å². The van der Waals surface area contributed by atoms with E-state index in [0.29, 0.717) is 32.9 Å². The number of para-hydroxylation sites is 1. The number of benzene rings is 2. The summed E-state index contributed by atoms with van der Waals surface area (Å²) in [6.07, 6.45) is -0.470. The Hall–Kier alpha value is -3.03. The molecule has 0 unspecified atom stereocenters. The van der Waals surface area contributed by atoms with Crippen LogP contribution in [0, 0.1) is 11.8 Å². The van der Waals surface area contributed by atoms with E-state index in [0.717, 1.165) is 22.4 Å². The summed E-state index contributed by atoms with van der Waals surface area (Å²) in [5.74, 6) is 6.01. The lowest BCUT2D eigenvalue weighted by atomic mass is 10.0. The molecule has 42 heavy (non-hydrogen) atoms. The molecule has 1 N–H and O–H groups in total. The highest BCUT2D eigenvalue weighted by Gasteiger charge is 2.29. The molecule has 0 radical (unpaired) electrons. The second-order valence-electron chi connectivity index (χ2n) is 10.1. The van der Waals surface area contributed by atoms with E-state index in [1.54, 1.807) is 32.6 Å². The van der Waals surface area contributed by atoms with Gasteiger partial charge in [0.25, 0.3) is 0 Å². The Balaban J connectivity index is 0.00000645. The van der Waals surface area contributed by atoms with E-state index in [1.807, 2.05) is 48.5 Å². The summed E-state index contributed by atoms with van der Waals surface area (Å²) in [5.41, 5.74) is 3.37. The third-order valence-corrected chi connectivity index (χ3v) is 7.70. The summed E-state index contributed by atoms with van der Waals surface area (Å²) in [4.78, 5) is 27.3. The van der Waals surface area contributed by atoms with Crippen molar-refractivity contribution >= 4 is 25.3 Å². The molecule has 0 atom stereocenters. The molecule has 0 fully saturated rings. The highest BCUT2D eigenvalue weighted by Crippen LogP contribution is 2.51. The summed E-state index contributed by atoms with van der Waals surface area (Å²) in [6, 6.07) is 15.3. The van der Waals surface area contributed by atoms with E-state index in [1.165, 1.54) is 0 Å². The van der Waals surface area contributed by atoms with Gasteiger partial charge in [-0.15, -0.1) is 0 Å². The van der Waals surface area contributed by atoms with Gasteiger partial charge in [-0.05, 0) is 51.5 Å². The van der Waals surface area contributed by atoms with Gasteiger partial charge in [0, 0.05) is 31.9 Å². The van der Waals surface area contributed by atoms with Crippen molar-refractivity contribution in [1.29, 1.82) is 0 Å². The highest BCUT2D eigenvalue weighted by molar-refractivity contribution is 7.48. The predicted molar refractivity (Wildman–Crippen MR) is 162 cm³/mol. The number of rotatable bonds is 17. The first-order chi connectivity index (χ1) is 20.2. The summed E-state index contributed by atoms with van der Waals surface area (Å²) in [5, 5.41) is 2.78. The number of fused-ring (bicyclic) bond motifs is 2.